The number of nitrogens with one attached hydrogen (secondary N) is 2. The molecule has 2 fully saturated rings. The van der Waals surface area contributed by atoms with Crippen molar-refractivity contribution in [1.29, 1.82) is 0 Å². The molecule has 0 aromatic heterocycles. The maximum atomic E-state index is 12.3. The summed E-state index contributed by atoms with van der Waals surface area (Å²) in [6.07, 6.45) is 3.35. The Hall–Kier alpha value is -1.73. The largest absolute Gasteiger partial charge is 0.333 e. The number of anilines is 1. The first-order chi connectivity index (χ1) is 11.6. The van der Waals surface area contributed by atoms with Crippen molar-refractivity contribution in [1.82, 2.24) is 10.2 Å². The number of nitrogens with zero attached hydrogens (tertiary/aromatic N) is 1. The van der Waals surface area contributed by atoms with Gasteiger partial charge in [-0.15, -0.1) is 0 Å². The third-order valence-corrected chi connectivity index (χ3v) is 5.45. The molecule has 2 N–H and O–H groups in total. The predicted molar refractivity (Wildman–Crippen MR) is 94.4 cm³/mol. The quantitative estimate of drug-likeness (QED) is 0.857. The van der Waals surface area contributed by atoms with E-state index in [0.717, 1.165) is 37.4 Å². The molecule has 24 heavy (non-hydrogen) atoms. The van der Waals surface area contributed by atoms with Crippen molar-refractivity contribution in [2.24, 2.45) is 0 Å². The summed E-state index contributed by atoms with van der Waals surface area (Å²) in [5, 5.41) is 5.85. The zero-order valence-electron chi connectivity index (χ0n) is 13.0. The van der Waals surface area contributed by atoms with Gasteiger partial charge in [-0.1, -0.05) is 48.3 Å². The van der Waals surface area contributed by atoms with Crippen molar-refractivity contribution < 1.29 is 14.4 Å². The van der Waals surface area contributed by atoms with E-state index in [9.17, 15) is 14.4 Å². The molecular formula is C16H18ClN3O3S. The lowest BCUT2D eigenvalue weighted by atomic mass is 9.89. The second-order valence-corrected chi connectivity index (χ2v) is 7.19. The highest BCUT2D eigenvalue weighted by Gasteiger charge is 2.41. The van der Waals surface area contributed by atoms with Gasteiger partial charge in [-0.2, -0.15) is 0 Å². The highest BCUT2D eigenvalue weighted by Crippen LogP contribution is 2.30. The second kappa shape index (κ2) is 7.44. The highest BCUT2D eigenvalue weighted by atomic mass is 35.5. The topological polar surface area (TPSA) is 78.5 Å². The summed E-state index contributed by atoms with van der Waals surface area (Å²) in [5.74, 6) is 0.0173. The fraction of sp³-hybridized carbons (Fsp3) is 0.438. The smallest absolute Gasteiger partial charge is 0.319 e. The molecule has 1 aromatic carbocycles. The normalized spacial score (nSPS) is 24.1. The lowest BCUT2D eigenvalue weighted by molar-refractivity contribution is -0.127. The molecule has 3 rings (SSSR count). The number of rotatable bonds is 3. The summed E-state index contributed by atoms with van der Waals surface area (Å²) in [7, 11) is 0. The van der Waals surface area contributed by atoms with Crippen molar-refractivity contribution in [3.05, 3.63) is 29.3 Å². The van der Waals surface area contributed by atoms with Crippen LogP contribution in [0, 0.1) is 0 Å². The molecule has 8 heteroatoms. The van der Waals surface area contributed by atoms with Gasteiger partial charge in [-0.05, 0) is 25.0 Å². The molecule has 1 saturated carbocycles. The number of carbonyl (C=O) groups is 3. The minimum atomic E-state index is -0.383. The minimum absolute atomic E-state index is 0.171. The molecule has 2 unspecified atom stereocenters. The third kappa shape index (κ3) is 3.67. The van der Waals surface area contributed by atoms with Crippen LogP contribution in [-0.2, 0) is 4.79 Å². The van der Waals surface area contributed by atoms with E-state index in [1.807, 2.05) is 0 Å². The number of benzene rings is 1. The fourth-order valence-electron chi connectivity index (χ4n) is 3.16. The van der Waals surface area contributed by atoms with Crippen LogP contribution in [0.15, 0.2) is 24.3 Å². The number of imide groups is 1. The van der Waals surface area contributed by atoms with Crippen LogP contribution in [0.3, 0.4) is 0 Å². The molecular weight excluding hydrogens is 350 g/mol. The SMILES string of the molecule is O=C(Nc1ccccc1Cl)NC1CCCCC1N1C(=O)CSC1=O. The van der Waals surface area contributed by atoms with Crippen LogP contribution < -0.4 is 10.6 Å². The van der Waals surface area contributed by atoms with Crippen molar-refractivity contribution in [3.63, 3.8) is 0 Å². The Morgan fingerprint density at radius 2 is 1.96 bits per heavy atom. The molecule has 2 atom stereocenters. The molecule has 1 heterocycles. The Balaban J connectivity index is 1.67. The van der Waals surface area contributed by atoms with Gasteiger partial charge in [0.1, 0.15) is 0 Å². The van der Waals surface area contributed by atoms with E-state index in [2.05, 4.69) is 10.6 Å². The van der Waals surface area contributed by atoms with Gasteiger partial charge < -0.3 is 10.6 Å². The Labute approximate surface area is 149 Å². The summed E-state index contributed by atoms with van der Waals surface area (Å²) < 4.78 is 0. The van der Waals surface area contributed by atoms with Gasteiger partial charge in [-0.25, -0.2) is 4.79 Å². The summed E-state index contributed by atoms with van der Waals surface area (Å²) in [6.45, 7) is 0. The third-order valence-electron chi connectivity index (χ3n) is 4.28. The van der Waals surface area contributed by atoms with E-state index >= 15 is 0 Å². The zero-order chi connectivity index (χ0) is 17.1. The molecule has 4 amide bonds. The van der Waals surface area contributed by atoms with Crippen LogP contribution in [-0.4, -0.2) is 39.9 Å². The molecule has 1 aliphatic heterocycles. The highest BCUT2D eigenvalue weighted by molar-refractivity contribution is 8.14. The van der Waals surface area contributed by atoms with Gasteiger partial charge in [0, 0.05) is 0 Å². The predicted octanol–water partition coefficient (Wildman–Crippen LogP) is 3.47. The number of para-hydroxylation sites is 1. The van der Waals surface area contributed by atoms with E-state index in [-0.39, 0.29) is 35.0 Å². The Bertz CT molecular complexity index is 654. The summed E-state index contributed by atoms with van der Waals surface area (Å²) in [4.78, 5) is 37.6. The summed E-state index contributed by atoms with van der Waals surface area (Å²) in [6, 6.07) is 6.07. The van der Waals surface area contributed by atoms with Crippen LogP contribution in [0.5, 0.6) is 0 Å². The fourth-order valence-corrected chi connectivity index (χ4v) is 4.11. The van der Waals surface area contributed by atoms with Crippen LogP contribution in [0.2, 0.25) is 5.02 Å². The van der Waals surface area contributed by atoms with E-state index in [4.69, 9.17) is 11.6 Å². The van der Waals surface area contributed by atoms with Gasteiger partial charge in [0.25, 0.3) is 5.24 Å². The van der Waals surface area contributed by atoms with E-state index in [1.54, 1.807) is 24.3 Å². The van der Waals surface area contributed by atoms with E-state index in [0.29, 0.717) is 10.7 Å². The van der Waals surface area contributed by atoms with Crippen molar-refractivity contribution in [2.45, 2.75) is 37.8 Å². The molecule has 2 aliphatic rings. The van der Waals surface area contributed by atoms with Crippen LogP contribution >= 0.6 is 23.4 Å². The first-order valence-electron chi connectivity index (χ1n) is 7.87. The second-order valence-electron chi connectivity index (χ2n) is 5.85. The Morgan fingerprint density at radius 1 is 1.21 bits per heavy atom. The average molecular weight is 368 g/mol. The Kier molecular flexibility index (Phi) is 5.30. The number of halogens is 1. The summed E-state index contributed by atoms with van der Waals surface area (Å²) >= 11 is 7.06. The molecule has 1 aliphatic carbocycles. The summed E-state index contributed by atoms with van der Waals surface area (Å²) in [5.41, 5.74) is 0.521. The van der Waals surface area contributed by atoms with E-state index in [1.165, 1.54) is 4.90 Å². The first kappa shape index (κ1) is 17.1. The van der Waals surface area contributed by atoms with Gasteiger partial charge in [0.05, 0.1) is 28.5 Å². The monoisotopic (exact) mass is 367 g/mol. The number of thioether (sulfide) groups is 1. The van der Waals surface area contributed by atoms with Crippen LogP contribution in [0.25, 0.3) is 0 Å². The number of hydrogen-bond acceptors (Lipinski definition) is 4. The molecule has 0 bridgehead atoms. The Morgan fingerprint density at radius 3 is 2.67 bits per heavy atom. The number of urea groups is 1. The standard InChI is InChI=1S/C16H18ClN3O3S/c17-10-5-1-2-6-11(10)18-15(22)19-12-7-3-4-8-13(12)20-14(21)9-24-16(20)23/h1-2,5-6,12-13H,3-4,7-9H2,(H2,18,19,22). The van der Waals surface area contributed by atoms with Gasteiger partial charge >= 0.3 is 6.03 Å². The lowest BCUT2D eigenvalue weighted by Crippen LogP contribution is -2.55. The number of amides is 4. The zero-order valence-corrected chi connectivity index (χ0v) is 14.5. The maximum absolute atomic E-state index is 12.3. The number of carbonyl (C=O) groups excluding carboxylic acids is 3. The first-order valence-corrected chi connectivity index (χ1v) is 9.23. The van der Waals surface area contributed by atoms with Gasteiger partial charge in [0.2, 0.25) is 5.91 Å². The van der Waals surface area contributed by atoms with Gasteiger partial charge in [-0.3, -0.25) is 14.5 Å². The van der Waals surface area contributed by atoms with Crippen molar-refractivity contribution in [3.8, 4) is 0 Å². The lowest BCUT2D eigenvalue weighted by Gasteiger charge is -2.36. The van der Waals surface area contributed by atoms with Crippen molar-refractivity contribution >= 4 is 46.2 Å². The van der Waals surface area contributed by atoms with Gasteiger partial charge in [0.15, 0.2) is 0 Å². The molecule has 1 aromatic rings. The van der Waals surface area contributed by atoms with Crippen LogP contribution in [0.1, 0.15) is 25.7 Å². The average Bonchev–Trinajstić information content (AvgIpc) is 2.89. The van der Waals surface area contributed by atoms with Crippen molar-refractivity contribution in [2.75, 3.05) is 11.1 Å². The molecule has 0 spiro atoms. The maximum Gasteiger partial charge on any atom is 0.319 e. The number of hydrogen-bond donors (Lipinski definition) is 2. The molecule has 0 radical (unpaired) electrons. The van der Waals surface area contributed by atoms with Crippen LogP contribution in [0.4, 0.5) is 15.3 Å². The minimum Gasteiger partial charge on any atom is -0.333 e. The van der Waals surface area contributed by atoms with E-state index < -0.39 is 0 Å². The molecule has 6 nitrogen and oxygen atoms in total. The molecule has 1 saturated heterocycles. The molecule has 128 valence electrons.